The minimum Gasteiger partial charge on any atom is -0.393 e. The average molecular weight is 251 g/mol. The Morgan fingerprint density at radius 1 is 1.50 bits per heavy atom. The first kappa shape index (κ1) is 14.1. The van der Waals surface area contributed by atoms with Gasteiger partial charge in [-0.15, -0.1) is 0 Å². The van der Waals surface area contributed by atoms with Crippen LogP contribution in [0.15, 0.2) is 18.3 Å². The fraction of sp³-hybridized carbons (Fsp3) is 0.417. The molecule has 0 aromatic carbocycles. The molecule has 1 heterocycles. The van der Waals surface area contributed by atoms with E-state index in [1.807, 2.05) is 6.92 Å². The predicted molar refractivity (Wildman–Crippen MR) is 66.0 cm³/mol. The number of primary amides is 1. The number of amides is 2. The lowest BCUT2D eigenvalue weighted by Crippen LogP contribution is -2.27. The van der Waals surface area contributed by atoms with E-state index in [1.54, 1.807) is 0 Å². The zero-order chi connectivity index (χ0) is 13.5. The van der Waals surface area contributed by atoms with E-state index < -0.39 is 12.0 Å². The van der Waals surface area contributed by atoms with Gasteiger partial charge in [-0.3, -0.25) is 14.6 Å². The van der Waals surface area contributed by atoms with Gasteiger partial charge in [-0.25, -0.2) is 0 Å². The molecule has 4 N–H and O–H groups in total. The summed E-state index contributed by atoms with van der Waals surface area (Å²) < 4.78 is 0. The van der Waals surface area contributed by atoms with E-state index in [0.29, 0.717) is 24.9 Å². The average Bonchev–Trinajstić information content (AvgIpc) is 2.38. The second kappa shape index (κ2) is 6.70. The highest BCUT2D eigenvalue weighted by Crippen LogP contribution is 2.00. The normalized spacial score (nSPS) is 11.9. The van der Waals surface area contributed by atoms with Gasteiger partial charge in [0, 0.05) is 12.7 Å². The molecule has 1 unspecified atom stereocenters. The number of hydrogen-bond donors (Lipinski definition) is 3. The molecular weight excluding hydrogens is 234 g/mol. The van der Waals surface area contributed by atoms with E-state index in [2.05, 4.69) is 10.3 Å². The molecule has 18 heavy (non-hydrogen) atoms. The molecule has 0 saturated carbocycles. The molecule has 0 aliphatic carbocycles. The number of rotatable bonds is 6. The lowest BCUT2D eigenvalue weighted by Gasteiger charge is -2.08. The molecule has 0 fully saturated rings. The third kappa shape index (κ3) is 4.14. The number of aromatic nitrogens is 1. The van der Waals surface area contributed by atoms with Crippen molar-refractivity contribution >= 4 is 11.8 Å². The van der Waals surface area contributed by atoms with Gasteiger partial charge < -0.3 is 16.2 Å². The number of nitrogens with zero attached hydrogens (tertiary/aromatic N) is 1. The van der Waals surface area contributed by atoms with Gasteiger partial charge in [0.2, 0.25) is 0 Å². The molecule has 0 bridgehead atoms. The summed E-state index contributed by atoms with van der Waals surface area (Å²) in [5.74, 6) is -0.921. The first-order valence-corrected chi connectivity index (χ1v) is 5.76. The minimum atomic E-state index is -0.631. The van der Waals surface area contributed by atoms with Gasteiger partial charge in [0.05, 0.1) is 11.7 Å². The van der Waals surface area contributed by atoms with Crippen molar-refractivity contribution in [1.29, 1.82) is 0 Å². The highest BCUT2D eigenvalue weighted by Gasteiger charge is 2.08. The van der Waals surface area contributed by atoms with Crippen LogP contribution in [-0.4, -0.2) is 34.6 Å². The predicted octanol–water partition coefficient (Wildman–Crippen LogP) is 0.0713. The van der Waals surface area contributed by atoms with Crippen LogP contribution in [0.2, 0.25) is 0 Å². The number of aliphatic hydroxyl groups excluding tert-OH is 1. The van der Waals surface area contributed by atoms with Crippen molar-refractivity contribution < 1.29 is 14.7 Å². The number of hydrogen-bond acceptors (Lipinski definition) is 4. The van der Waals surface area contributed by atoms with Gasteiger partial charge in [-0.1, -0.05) is 6.92 Å². The lowest BCUT2D eigenvalue weighted by molar-refractivity contribution is 0.0938. The molecule has 98 valence electrons. The molecule has 1 rings (SSSR count). The fourth-order valence-electron chi connectivity index (χ4n) is 1.33. The first-order chi connectivity index (χ1) is 8.54. The van der Waals surface area contributed by atoms with Crippen LogP contribution >= 0.6 is 0 Å². The summed E-state index contributed by atoms with van der Waals surface area (Å²) in [5.41, 5.74) is 5.51. The number of carbonyl (C=O) groups is 2. The molecule has 6 nitrogen and oxygen atoms in total. The Morgan fingerprint density at radius 2 is 2.22 bits per heavy atom. The highest BCUT2D eigenvalue weighted by atomic mass is 16.3. The monoisotopic (exact) mass is 251 g/mol. The standard InChI is InChI=1S/C12H17N3O3/c1-2-9(16)5-6-14-12(18)8-3-4-10(11(13)17)15-7-8/h3-4,7,9,16H,2,5-6H2,1H3,(H2,13,17)(H,14,18). The molecule has 6 heteroatoms. The number of nitrogens with two attached hydrogens (primary N) is 1. The second-order valence-electron chi connectivity index (χ2n) is 3.90. The zero-order valence-corrected chi connectivity index (χ0v) is 10.2. The van der Waals surface area contributed by atoms with E-state index in [-0.39, 0.29) is 11.6 Å². The molecule has 1 atom stereocenters. The second-order valence-corrected chi connectivity index (χ2v) is 3.90. The van der Waals surface area contributed by atoms with E-state index in [9.17, 15) is 14.7 Å². The smallest absolute Gasteiger partial charge is 0.267 e. The molecule has 0 spiro atoms. The Hall–Kier alpha value is -1.95. The van der Waals surface area contributed by atoms with Crippen molar-refractivity contribution in [1.82, 2.24) is 10.3 Å². The van der Waals surface area contributed by atoms with Gasteiger partial charge in [-0.2, -0.15) is 0 Å². The van der Waals surface area contributed by atoms with E-state index >= 15 is 0 Å². The van der Waals surface area contributed by atoms with Crippen molar-refractivity contribution in [2.75, 3.05) is 6.54 Å². The van der Waals surface area contributed by atoms with E-state index in [0.717, 1.165) is 0 Å². The van der Waals surface area contributed by atoms with Crippen molar-refractivity contribution in [3.8, 4) is 0 Å². The molecule has 1 aromatic rings. The molecule has 0 aliphatic heterocycles. The van der Waals surface area contributed by atoms with Gasteiger partial charge in [0.25, 0.3) is 11.8 Å². The fourth-order valence-corrected chi connectivity index (χ4v) is 1.33. The Labute approximate surface area is 105 Å². The third-order valence-electron chi connectivity index (χ3n) is 2.51. The summed E-state index contributed by atoms with van der Waals surface area (Å²) in [6.45, 7) is 2.27. The van der Waals surface area contributed by atoms with Crippen molar-refractivity contribution in [3.63, 3.8) is 0 Å². The zero-order valence-electron chi connectivity index (χ0n) is 10.2. The van der Waals surface area contributed by atoms with Gasteiger partial charge in [0.1, 0.15) is 5.69 Å². The highest BCUT2D eigenvalue weighted by molar-refractivity contribution is 5.95. The Kier molecular flexibility index (Phi) is 5.26. The van der Waals surface area contributed by atoms with Crippen molar-refractivity contribution in [3.05, 3.63) is 29.6 Å². The van der Waals surface area contributed by atoms with Gasteiger partial charge in [0.15, 0.2) is 0 Å². The number of carbonyl (C=O) groups excluding carboxylic acids is 2. The van der Waals surface area contributed by atoms with Crippen LogP contribution in [0.1, 0.15) is 40.6 Å². The summed E-state index contributed by atoms with van der Waals surface area (Å²) in [5, 5.41) is 12.0. The van der Waals surface area contributed by atoms with Crippen molar-refractivity contribution in [2.45, 2.75) is 25.9 Å². The van der Waals surface area contributed by atoms with Gasteiger partial charge >= 0.3 is 0 Å². The molecular formula is C12H17N3O3. The van der Waals surface area contributed by atoms with E-state index in [1.165, 1.54) is 18.3 Å². The number of aliphatic hydroxyl groups is 1. The van der Waals surface area contributed by atoms with Gasteiger partial charge in [-0.05, 0) is 25.0 Å². The maximum Gasteiger partial charge on any atom is 0.267 e. The summed E-state index contributed by atoms with van der Waals surface area (Å²) in [6, 6.07) is 2.89. The van der Waals surface area contributed by atoms with Crippen LogP contribution in [-0.2, 0) is 0 Å². The summed E-state index contributed by atoms with van der Waals surface area (Å²) >= 11 is 0. The Morgan fingerprint density at radius 3 is 2.72 bits per heavy atom. The molecule has 0 saturated heterocycles. The van der Waals surface area contributed by atoms with Crippen LogP contribution in [0, 0.1) is 0 Å². The molecule has 0 radical (unpaired) electrons. The topological polar surface area (TPSA) is 105 Å². The van der Waals surface area contributed by atoms with Crippen molar-refractivity contribution in [2.24, 2.45) is 5.73 Å². The largest absolute Gasteiger partial charge is 0.393 e. The maximum absolute atomic E-state index is 11.6. The SMILES string of the molecule is CCC(O)CCNC(=O)c1ccc(C(N)=O)nc1. The molecule has 0 aliphatic rings. The number of nitrogens with one attached hydrogen (secondary N) is 1. The maximum atomic E-state index is 11.6. The summed E-state index contributed by atoms with van der Waals surface area (Å²) in [7, 11) is 0. The Balaban J connectivity index is 2.49. The van der Waals surface area contributed by atoms with Crippen LogP contribution in [0.3, 0.4) is 0 Å². The molecule has 1 aromatic heterocycles. The van der Waals surface area contributed by atoms with Crippen LogP contribution in [0.25, 0.3) is 0 Å². The van der Waals surface area contributed by atoms with E-state index in [4.69, 9.17) is 5.73 Å². The number of pyridine rings is 1. The lowest BCUT2D eigenvalue weighted by atomic mass is 10.2. The quantitative estimate of drug-likeness (QED) is 0.665. The minimum absolute atomic E-state index is 0.118. The van der Waals surface area contributed by atoms with Crippen LogP contribution in [0.5, 0.6) is 0 Å². The Bertz CT molecular complexity index is 417. The molecule has 2 amide bonds. The first-order valence-electron chi connectivity index (χ1n) is 5.76. The summed E-state index contributed by atoms with van der Waals surface area (Å²) in [4.78, 5) is 26.2. The van der Waals surface area contributed by atoms with Crippen LogP contribution in [0.4, 0.5) is 0 Å². The third-order valence-corrected chi connectivity index (χ3v) is 2.51. The van der Waals surface area contributed by atoms with Crippen LogP contribution < -0.4 is 11.1 Å². The summed E-state index contributed by atoms with van der Waals surface area (Å²) in [6.07, 6.45) is 2.06.